The summed E-state index contributed by atoms with van der Waals surface area (Å²) in [5, 5.41) is 0. The number of nitrogens with zero attached hydrogens (tertiary/aromatic N) is 2. The summed E-state index contributed by atoms with van der Waals surface area (Å²) in [4.78, 5) is 4.80. The van der Waals surface area contributed by atoms with Gasteiger partial charge in [-0.2, -0.15) is 0 Å². The van der Waals surface area contributed by atoms with Crippen LogP contribution in [0.4, 0.5) is 0 Å². The highest BCUT2D eigenvalue weighted by Crippen LogP contribution is 2.07. The fourth-order valence-corrected chi connectivity index (χ4v) is 2.17. The third-order valence-corrected chi connectivity index (χ3v) is 3.36. The second-order valence-electron chi connectivity index (χ2n) is 4.96. The highest BCUT2D eigenvalue weighted by atomic mass is 16.5. The molecule has 0 aromatic heterocycles. The van der Waals surface area contributed by atoms with Crippen molar-refractivity contribution < 1.29 is 4.74 Å². The first-order chi connectivity index (χ1) is 8.33. The number of hydrogen-bond acceptors (Lipinski definition) is 4. The van der Waals surface area contributed by atoms with Gasteiger partial charge in [-0.3, -0.25) is 0 Å². The minimum Gasteiger partial charge on any atom is -0.379 e. The van der Waals surface area contributed by atoms with E-state index in [4.69, 9.17) is 10.5 Å². The second kappa shape index (κ2) is 9.83. The van der Waals surface area contributed by atoms with Gasteiger partial charge < -0.3 is 20.3 Å². The van der Waals surface area contributed by atoms with Crippen LogP contribution in [-0.2, 0) is 4.74 Å². The molecule has 1 aliphatic heterocycles. The molecule has 102 valence electrons. The summed E-state index contributed by atoms with van der Waals surface area (Å²) in [6.07, 6.45) is 5.21. The Balaban J connectivity index is 1.86. The first-order valence-corrected chi connectivity index (χ1v) is 7.01. The molecule has 1 aliphatic rings. The van der Waals surface area contributed by atoms with Crippen molar-refractivity contribution in [3.8, 4) is 0 Å². The van der Waals surface area contributed by atoms with Gasteiger partial charge >= 0.3 is 0 Å². The largest absolute Gasteiger partial charge is 0.379 e. The Morgan fingerprint density at radius 3 is 2.59 bits per heavy atom. The number of likely N-dealkylation sites (N-methyl/N-ethyl adjacent to an activating group) is 1. The lowest BCUT2D eigenvalue weighted by atomic mass is 10.1. The molecule has 17 heavy (non-hydrogen) atoms. The lowest BCUT2D eigenvalue weighted by Crippen LogP contribution is -2.33. The average Bonchev–Trinajstić information content (AvgIpc) is 2.37. The molecule has 1 saturated heterocycles. The molecule has 0 bridgehead atoms. The maximum Gasteiger partial charge on any atom is 0.0594 e. The number of ether oxygens (including phenoxy) is 1. The molecular formula is C13H29N3O. The maximum atomic E-state index is 5.67. The van der Waals surface area contributed by atoms with Crippen molar-refractivity contribution in [2.45, 2.75) is 25.7 Å². The zero-order chi connectivity index (χ0) is 12.3. The van der Waals surface area contributed by atoms with E-state index in [1.54, 1.807) is 0 Å². The molecule has 0 saturated carbocycles. The van der Waals surface area contributed by atoms with E-state index in [-0.39, 0.29) is 0 Å². The molecule has 0 unspecified atom stereocenters. The van der Waals surface area contributed by atoms with Crippen LogP contribution in [0, 0.1) is 0 Å². The topological polar surface area (TPSA) is 41.7 Å². The van der Waals surface area contributed by atoms with Gasteiger partial charge in [0.1, 0.15) is 0 Å². The van der Waals surface area contributed by atoms with Crippen LogP contribution in [0.15, 0.2) is 0 Å². The average molecular weight is 243 g/mol. The van der Waals surface area contributed by atoms with Crippen molar-refractivity contribution >= 4 is 0 Å². The van der Waals surface area contributed by atoms with Crippen molar-refractivity contribution in [3.63, 3.8) is 0 Å². The van der Waals surface area contributed by atoms with Crippen LogP contribution < -0.4 is 5.73 Å². The molecule has 0 aromatic rings. The zero-order valence-corrected chi connectivity index (χ0v) is 11.4. The van der Waals surface area contributed by atoms with E-state index in [0.717, 1.165) is 45.8 Å². The van der Waals surface area contributed by atoms with E-state index in [2.05, 4.69) is 16.8 Å². The smallest absolute Gasteiger partial charge is 0.0594 e. The normalized spacial score (nSPS) is 17.8. The van der Waals surface area contributed by atoms with Gasteiger partial charge in [0.2, 0.25) is 0 Å². The SMILES string of the molecule is CN(CCCN)CCOCCN1CCCCC1. The molecule has 1 fully saturated rings. The van der Waals surface area contributed by atoms with Crippen LogP contribution in [0.25, 0.3) is 0 Å². The Morgan fingerprint density at radius 2 is 1.88 bits per heavy atom. The zero-order valence-electron chi connectivity index (χ0n) is 11.4. The third-order valence-electron chi connectivity index (χ3n) is 3.36. The Morgan fingerprint density at radius 1 is 1.12 bits per heavy atom. The number of hydrogen-bond donors (Lipinski definition) is 1. The number of nitrogens with two attached hydrogens (primary N) is 1. The molecule has 0 atom stereocenters. The molecule has 4 nitrogen and oxygen atoms in total. The van der Waals surface area contributed by atoms with Crippen LogP contribution in [0.5, 0.6) is 0 Å². The van der Waals surface area contributed by atoms with Gasteiger partial charge in [-0.15, -0.1) is 0 Å². The van der Waals surface area contributed by atoms with Crippen LogP contribution in [0.1, 0.15) is 25.7 Å². The lowest BCUT2D eigenvalue weighted by Gasteiger charge is -2.26. The molecule has 2 N–H and O–H groups in total. The first kappa shape index (κ1) is 14.9. The summed E-state index contributed by atoms with van der Waals surface area (Å²) in [5.74, 6) is 0. The minimum atomic E-state index is 0.778. The monoisotopic (exact) mass is 243 g/mol. The molecule has 1 heterocycles. The Hall–Kier alpha value is -0.160. The van der Waals surface area contributed by atoms with E-state index in [1.807, 2.05) is 0 Å². The number of likely N-dealkylation sites (tertiary alicyclic amines) is 1. The van der Waals surface area contributed by atoms with Crippen LogP contribution in [-0.4, -0.2) is 69.3 Å². The summed E-state index contributed by atoms with van der Waals surface area (Å²) >= 11 is 0. The molecule has 0 spiro atoms. The van der Waals surface area contributed by atoms with Crippen molar-refractivity contribution in [2.24, 2.45) is 5.73 Å². The van der Waals surface area contributed by atoms with Crippen LogP contribution >= 0.6 is 0 Å². The first-order valence-electron chi connectivity index (χ1n) is 7.01. The van der Waals surface area contributed by atoms with Crippen molar-refractivity contribution in [1.29, 1.82) is 0 Å². The molecule has 0 aliphatic carbocycles. The number of piperidine rings is 1. The van der Waals surface area contributed by atoms with E-state index >= 15 is 0 Å². The number of rotatable bonds is 9. The Kier molecular flexibility index (Phi) is 8.61. The van der Waals surface area contributed by atoms with E-state index in [0.29, 0.717) is 0 Å². The van der Waals surface area contributed by atoms with E-state index in [1.165, 1.54) is 32.4 Å². The highest BCUT2D eigenvalue weighted by molar-refractivity contribution is 4.63. The summed E-state index contributed by atoms with van der Waals surface area (Å²) in [7, 11) is 2.13. The van der Waals surface area contributed by atoms with E-state index in [9.17, 15) is 0 Å². The van der Waals surface area contributed by atoms with Gasteiger partial charge in [-0.05, 0) is 52.5 Å². The predicted octanol–water partition coefficient (Wildman–Crippen LogP) is 0.770. The summed E-state index contributed by atoms with van der Waals surface area (Å²) in [6, 6.07) is 0. The van der Waals surface area contributed by atoms with Gasteiger partial charge in [0.05, 0.1) is 13.2 Å². The highest BCUT2D eigenvalue weighted by Gasteiger charge is 2.08. The van der Waals surface area contributed by atoms with Crippen molar-refractivity contribution in [2.75, 3.05) is 59.5 Å². The van der Waals surface area contributed by atoms with Crippen LogP contribution in [0.3, 0.4) is 0 Å². The quantitative estimate of drug-likeness (QED) is 0.607. The molecule has 0 amide bonds. The molecule has 0 radical (unpaired) electrons. The molecule has 4 heteroatoms. The predicted molar refractivity (Wildman–Crippen MR) is 72.3 cm³/mol. The van der Waals surface area contributed by atoms with E-state index < -0.39 is 0 Å². The third kappa shape index (κ3) is 7.71. The Labute approximate surface area is 106 Å². The van der Waals surface area contributed by atoms with Gasteiger partial charge in [0.25, 0.3) is 0 Å². The fourth-order valence-electron chi connectivity index (χ4n) is 2.17. The van der Waals surface area contributed by atoms with Gasteiger partial charge in [0.15, 0.2) is 0 Å². The van der Waals surface area contributed by atoms with Crippen molar-refractivity contribution in [3.05, 3.63) is 0 Å². The minimum absolute atomic E-state index is 0.778. The fraction of sp³-hybridized carbons (Fsp3) is 1.00. The second-order valence-corrected chi connectivity index (χ2v) is 4.96. The molecular weight excluding hydrogens is 214 g/mol. The lowest BCUT2D eigenvalue weighted by molar-refractivity contribution is 0.0828. The maximum absolute atomic E-state index is 5.67. The van der Waals surface area contributed by atoms with Crippen LogP contribution in [0.2, 0.25) is 0 Å². The summed E-state index contributed by atoms with van der Waals surface area (Å²) in [5.41, 5.74) is 5.47. The van der Waals surface area contributed by atoms with Gasteiger partial charge in [-0.25, -0.2) is 0 Å². The van der Waals surface area contributed by atoms with Crippen molar-refractivity contribution in [1.82, 2.24) is 9.80 Å². The standard InChI is InChI=1S/C13H29N3O/c1-15(7-5-6-14)10-12-17-13-11-16-8-3-2-4-9-16/h2-14H2,1H3. The molecule has 0 aromatic carbocycles. The van der Waals surface area contributed by atoms with Gasteiger partial charge in [0, 0.05) is 13.1 Å². The summed E-state index contributed by atoms with van der Waals surface area (Å²) in [6.45, 7) is 8.22. The Bertz CT molecular complexity index is 172. The molecule has 1 rings (SSSR count). The van der Waals surface area contributed by atoms with Gasteiger partial charge in [-0.1, -0.05) is 6.42 Å². The summed E-state index contributed by atoms with van der Waals surface area (Å²) < 4.78 is 5.67.